The molecule has 4 heteroatoms. The number of hydrogen-bond donors (Lipinski definition) is 1. The number of hydrogen-bond acceptors (Lipinski definition) is 2. The quantitative estimate of drug-likeness (QED) is 0.867. The predicted molar refractivity (Wildman–Crippen MR) is 80.0 cm³/mol. The summed E-state index contributed by atoms with van der Waals surface area (Å²) in [5.74, 6) is 0.00755. The molecule has 0 spiro atoms. The van der Waals surface area contributed by atoms with Crippen molar-refractivity contribution in [3.63, 3.8) is 0 Å². The normalized spacial score (nSPS) is 18.1. The topological polar surface area (TPSA) is 38.3 Å². The van der Waals surface area contributed by atoms with Crippen molar-refractivity contribution >= 4 is 21.8 Å². The maximum absolute atomic E-state index is 12.4. The average Bonchev–Trinajstić information content (AvgIpc) is 2.38. The second kappa shape index (κ2) is 6.06. The summed E-state index contributed by atoms with van der Waals surface area (Å²) in [5, 5.41) is 3.95. The third-order valence-corrected chi connectivity index (χ3v) is 4.64. The molecular formula is C15H20BrNO2. The van der Waals surface area contributed by atoms with Crippen LogP contribution in [0, 0.1) is 13.8 Å². The minimum absolute atomic E-state index is 0.00755. The largest absolute Gasteiger partial charge is 0.381 e. The fourth-order valence-electron chi connectivity index (χ4n) is 2.47. The highest BCUT2D eigenvalue weighted by Crippen LogP contribution is 2.23. The van der Waals surface area contributed by atoms with Gasteiger partial charge in [0, 0.05) is 24.1 Å². The van der Waals surface area contributed by atoms with Gasteiger partial charge < -0.3 is 10.1 Å². The molecule has 0 radical (unpaired) electrons. The minimum atomic E-state index is -0.174. The Morgan fingerprint density at radius 1 is 1.26 bits per heavy atom. The highest BCUT2D eigenvalue weighted by atomic mass is 79.9. The third kappa shape index (κ3) is 3.57. The lowest BCUT2D eigenvalue weighted by Gasteiger charge is -2.36. The van der Waals surface area contributed by atoms with Crippen LogP contribution in [0.3, 0.4) is 0 Å². The molecule has 1 saturated heterocycles. The van der Waals surface area contributed by atoms with Crippen LogP contribution >= 0.6 is 15.9 Å². The van der Waals surface area contributed by atoms with Gasteiger partial charge in [-0.25, -0.2) is 0 Å². The molecule has 1 heterocycles. The second-order valence-electron chi connectivity index (χ2n) is 5.36. The first-order valence-corrected chi connectivity index (χ1v) is 7.71. The molecule has 104 valence electrons. The van der Waals surface area contributed by atoms with E-state index >= 15 is 0 Å². The van der Waals surface area contributed by atoms with Crippen molar-refractivity contribution in [1.29, 1.82) is 0 Å². The minimum Gasteiger partial charge on any atom is -0.381 e. The van der Waals surface area contributed by atoms with Gasteiger partial charge in [0.05, 0.1) is 5.54 Å². The maximum atomic E-state index is 12.4. The lowest BCUT2D eigenvalue weighted by Crippen LogP contribution is -2.53. The molecule has 0 aromatic heterocycles. The van der Waals surface area contributed by atoms with Gasteiger partial charge in [0.15, 0.2) is 0 Å². The number of aryl methyl sites for hydroxylation is 2. The van der Waals surface area contributed by atoms with Gasteiger partial charge in [-0.15, -0.1) is 0 Å². The summed E-state index contributed by atoms with van der Waals surface area (Å²) in [4.78, 5) is 12.4. The number of ether oxygens (including phenoxy) is 1. The van der Waals surface area contributed by atoms with Crippen LogP contribution in [0.4, 0.5) is 0 Å². The Labute approximate surface area is 122 Å². The van der Waals surface area contributed by atoms with Crippen LogP contribution in [0.25, 0.3) is 0 Å². The first-order valence-electron chi connectivity index (χ1n) is 6.59. The average molecular weight is 326 g/mol. The molecule has 0 saturated carbocycles. The lowest BCUT2D eigenvalue weighted by molar-refractivity contribution is 0.0442. The molecule has 0 aliphatic carbocycles. The van der Waals surface area contributed by atoms with Crippen molar-refractivity contribution in [3.8, 4) is 0 Å². The Balaban J connectivity index is 2.15. The molecular weight excluding hydrogens is 306 g/mol. The molecule has 0 unspecified atom stereocenters. The predicted octanol–water partition coefficient (Wildman–Crippen LogP) is 2.98. The van der Waals surface area contributed by atoms with Crippen LogP contribution in [0.1, 0.15) is 34.3 Å². The van der Waals surface area contributed by atoms with E-state index in [1.165, 1.54) is 0 Å². The SMILES string of the molecule is Cc1cc(C)cc(C(=O)NC2(CBr)CCOCC2)c1. The van der Waals surface area contributed by atoms with E-state index in [9.17, 15) is 4.79 Å². The monoisotopic (exact) mass is 325 g/mol. The summed E-state index contributed by atoms with van der Waals surface area (Å²) in [5.41, 5.74) is 2.80. The zero-order chi connectivity index (χ0) is 13.9. The molecule has 1 amide bonds. The Kier molecular flexibility index (Phi) is 4.63. The van der Waals surface area contributed by atoms with Crippen LogP contribution in [-0.4, -0.2) is 30.0 Å². The first-order chi connectivity index (χ1) is 9.04. The van der Waals surface area contributed by atoms with E-state index in [0.717, 1.165) is 34.9 Å². The molecule has 1 aromatic rings. The molecule has 2 rings (SSSR count). The fourth-order valence-corrected chi connectivity index (χ4v) is 3.17. The van der Waals surface area contributed by atoms with Crippen LogP contribution in [0.2, 0.25) is 0 Å². The highest BCUT2D eigenvalue weighted by molar-refractivity contribution is 9.09. The van der Waals surface area contributed by atoms with Crippen molar-refractivity contribution in [3.05, 3.63) is 34.9 Å². The smallest absolute Gasteiger partial charge is 0.251 e. The third-order valence-electron chi connectivity index (χ3n) is 3.57. The number of carbonyl (C=O) groups is 1. The first kappa shape index (κ1) is 14.5. The van der Waals surface area contributed by atoms with Gasteiger partial charge in [-0.1, -0.05) is 33.1 Å². The van der Waals surface area contributed by atoms with Gasteiger partial charge in [0.2, 0.25) is 0 Å². The second-order valence-corrected chi connectivity index (χ2v) is 5.92. The van der Waals surface area contributed by atoms with Gasteiger partial charge in [0.25, 0.3) is 5.91 Å². The molecule has 0 atom stereocenters. The number of rotatable bonds is 3. The number of carbonyl (C=O) groups excluding carboxylic acids is 1. The summed E-state index contributed by atoms with van der Waals surface area (Å²) in [7, 11) is 0. The summed E-state index contributed by atoms with van der Waals surface area (Å²) in [6, 6.07) is 5.94. The standard InChI is InChI=1S/C15H20BrNO2/c1-11-7-12(2)9-13(8-11)14(18)17-15(10-16)3-5-19-6-4-15/h7-9H,3-6,10H2,1-2H3,(H,17,18). The fraction of sp³-hybridized carbons (Fsp3) is 0.533. The van der Waals surface area contributed by atoms with Crippen molar-refractivity contribution in [2.75, 3.05) is 18.5 Å². The number of alkyl halides is 1. The van der Waals surface area contributed by atoms with Gasteiger partial charge in [-0.05, 0) is 38.8 Å². The van der Waals surface area contributed by atoms with E-state index in [1.807, 2.05) is 26.0 Å². The van der Waals surface area contributed by atoms with Crippen LogP contribution in [0.5, 0.6) is 0 Å². The van der Waals surface area contributed by atoms with Gasteiger partial charge in [-0.2, -0.15) is 0 Å². The lowest BCUT2D eigenvalue weighted by atomic mass is 9.92. The molecule has 1 N–H and O–H groups in total. The zero-order valence-electron chi connectivity index (χ0n) is 11.5. The Morgan fingerprint density at radius 2 is 1.84 bits per heavy atom. The molecule has 1 aromatic carbocycles. The van der Waals surface area contributed by atoms with Crippen LogP contribution < -0.4 is 5.32 Å². The Morgan fingerprint density at radius 3 is 2.37 bits per heavy atom. The van der Waals surface area contributed by atoms with Gasteiger partial charge >= 0.3 is 0 Å². The van der Waals surface area contributed by atoms with Gasteiger partial charge in [-0.3, -0.25) is 4.79 Å². The molecule has 19 heavy (non-hydrogen) atoms. The Bertz CT molecular complexity index is 447. The molecule has 3 nitrogen and oxygen atoms in total. The molecule has 0 bridgehead atoms. The number of nitrogens with one attached hydrogen (secondary N) is 1. The van der Waals surface area contributed by atoms with Crippen molar-refractivity contribution in [1.82, 2.24) is 5.32 Å². The zero-order valence-corrected chi connectivity index (χ0v) is 13.0. The summed E-state index contributed by atoms with van der Waals surface area (Å²) in [6.45, 7) is 5.44. The summed E-state index contributed by atoms with van der Waals surface area (Å²) < 4.78 is 5.38. The van der Waals surface area contributed by atoms with E-state index in [0.29, 0.717) is 13.2 Å². The summed E-state index contributed by atoms with van der Waals surface area (Å²) >= 11 is 3.53. The van der Waals surface area contributed by atoms with Gasteiger partial charge in [0.1, 0.15) is 0 Å². The number of amides is 1. The van der Waals surface area contributed by atoms with Crippen LogP contribution in [-0.2, 0) is 4.74 Å². The summed E-state index contributed by atoms with van der Waals surface area (Å²) in [6.07, 6.45) is 1.71. The van der Waals surface area contributed by atoms with E-state index in [-0.39, 0.29) is 11.4 Å². The van der Waals surface area contributed by atoms with E-state index in [4.69, 9.17) is 4.74 Å². The highest BCUT2D eigenvalue weighted by Gasteiger charge is 2.33. The van der Waals surface area contributed by atoms with Crippen LogP contribution in [0.15, 0.2) is 18.2 Å². The maximum Gasteiger partial charge on any atom is 0.251 e. The molecule has 1 aliphatic heterocycles. The van der Waals surface area contributed by atoms with Crippen molar-refractivity contribution in [2.45, 2.75) is 32.2 Å². The van der Waals surface area contributed by atoms with E-state index < -0.39 is 0 Å². The van der Waals surface area contributed by atoms with E-state index in [1.54, 1.807) is 0 Å². The molecule has 1 aliphatic rings. The Hall–Kier alpha value is -0.870. The number of halogens is 1. The van der Waals surface area contributed by atoms with Crippen molar-refractivity contribution < 1.29 is 9.53 Å². The number of benzene rings is 1. The molecule has 1 fully saturated rings. The van der Waals surface area contributed by atoms with Crippen molar-refractivity contribution in [2.24, 2.45) is 0 Å². The van der Waals surface area contributed by atoms with E-state index in [2.05, 4.69) is 27.3 Å².